The van der Waals surface area contributed by atoms with Crippen LogP contribution in [-0.4, -0.2) is 14.9 Å². The molecule has 0 aliphatic heterocycles. The van der Waals surface area contributed by atoms with E-state index in [2.05, 4.69) is 25.9 Å². The molecule has 0 saturated heterocycles. The fraction of sp³-hybridized carbons (Fsp3) is 0.0667. The van der Waals surface area contributed by atoms with Gasteiger partial charge in [-0.25, -0.2) is 9.97 Å². The highest BCUT2D eigenvalue weighted by Crippen LogP contribution is 2.25. The number of nitrogens with zero attached hydrogens (tertiary/aromatic N) is 3. The minimum Gasteiger partial charge on any atom is -0.472 e. The van der Waals surface area contributed by atoms with Crippen molar-refractivity contribution in [3.63, 3.8) is 0 Å². The summed E-state index contributed by atoms with van der Waals surface area (Å²) < 4.78 is 6.63. The van der Waals surface area contributed by atoms with E-state index in [0.29, 0.717) is 5.88 Å². The van der Waals surface area contributed by atoms with Crippen molar-refractivity contribution in [1.82, 2.24) is 9.97 Å². The van der Waals surface area contributed by atoms with Crippen molar-refractivity contribution in [3.8, 4) is 5.88 Å². The van der Waals surface area contributed by atoms with E-state index in [1.807, 2.05) is 18.2 Å². The smallest absolute Gasteiger partial charge is 0.269 e. The third-order valence-corrected chi connectivity index (χ3v) is 3.58. The number of aromatic nitrogens is 2. The molecule has 110 valence electrons. The summed E-state index contributed by atoms with van der Waals surface area (Å²) in [6.07, 6.45) is 1.45. The Hall–Kier alpha value is -2.54. The van der Waals surface area contributed by atoms with Crippen LogP contribution in [0.3, 0.4) is 0 Å². The van der Waals surface area contributed by atoms with Crippen LogP contribution in [0.5, 0.6) is 5.88 Å². The summed E-state index contributed by atoms with van der Waals surface area (Å²) in [6.45, 7) is 0.274. The van der Waals surface area contributed by atoms with Crippen LogP contribution in [0.25, 0.3) is 10.9 Å². The molecule has 3 rings (SSSR count). The van der Waals surface area contributed by atoms with Crippen LogP contribution in [0.15, 0.2) is 53.3 Å². The van der Waals surface area contributed by atoms with Crippen molar-refractivity contribution in [2.45, 2.75) is 6.61 Å². The van der Waals surface area contributed by atoms with Crippen molar-refractivity contribution >= 4 is 32.5 Å². The first-order valence-corrected chi connectivity index (χ1v) is 7.19. The van der Waals surface area contributed by atoms with E-state index in [1.54, 1.807) is 12.1 Å². The molecule has 0 unspecified atom stereocenters. The Bertz CT molecular complexity index is 837. The lowest BCUT2D eigenvalue weighted by Gasteiger charge is -2.08. The molecule has 1 heterocycles. The lowest BCUT2D eigenvalue weighted by atomic mass is 10.2. The highest BCUT2D eigenvalue weighted by atomic mass is 79.9. The van der Waals surface area contributed by atoms with Gasteiger partial charge in [0.25, 0.3) is 5.69 Å². The van der Waals surface area contributed by atoms with Crippen molar-refractivity contribution in [3.05, 3.63) is 68.9 Å². The molecule has 0 N–H and O–H groups in total. The molecule has 0 aliphatic carbocycles. The molecule has 0 aliphatic rings. The van der Waals surface area contributed by atoms with Gasteiger partial charge in [-0.05, 0) is 35.9 Å². The van der Waals surface area contributed by atoms with Gasteiger partial charge in [0.2, 0.25) is 5.88 Å². The quantitative estimate of drug-likeness (QED) is 0.521. The van der Waals surface area contributed by atoms with Gasteiger partial charge in [0.05, 0.1) is 15.8 Å². The van der Waals surface area contributed by atoms with Crippen LogP contribution in [0.1, 0.15) is 5.56 Å². The molecule has 0 fully saturated rings. The normalized spacial score (nSPS) is 10.6. The van der Waals surface area contributed by atoms with Crippen LogP contribution >= 0.6 is 15.9 Å². The fourth-order valence-electron chi connectivity index (χ4n) is 1.99. The average molecular weight is 360 g/mol. The van der Waals surface area contributed by atoms with Gasteiger partial charge in [-0.15, -0.1) is 0 Å². The van der Waals surface area contributed by atoms with Crippen LogP contribution in [-0.2, 0) is 6.61 Å². The molecule has 0 amide bonds. The first-order chi connectivity index (χ1) is 10.6. The zero-order valence-electron chi connectivity index (χ0n) is 11.3. The topological polar surface area (TPSA) is 78.2 Å². The summed E-state index contributed by atoms with van der Waals surface area (Å²) in [7, 11) is 0. The van der Waals surface area contributed by atoms with Crippen molar-refractivity contribution in [2.75, 3.05) is 0 Å². The molecule has 2 aromatic carbocycles. The average Bonchev–Trinajstić information content (AvgIpc) is 2.53. The Kier molecular flexibility index (Phi) is 3.97. The number of benzene rings is 2. The highest BCUT2D eigenvalue weighted by molar-refractivity contribution is 9.10. The number of nitro benzene ring substituents is 1. The number of halogens is 1. The lowest BCUT2D eigenvalue weighted by Crippen LogP contribution is -1.99. The predicted octanol–water partition coefficient (Wildman–Crippen LogP) is 3.88. The second-order valence-electron chi connectivity index (χ2n) is 4.55. The molecule has 6 nitrogen and oxygen atoms in total. The Balaban J connectivity index is 1.81. The molecule has 0 saturated carbocycles. The van der Waals surface area contributed by atoms with E-state index < -0.39 is 4.92 Å². The maximum absolute atomic E-state index is 10.6. The summed E-state index contributed by atoms with van der Waals surface area (Å²) in [4.78, 5) is 18.5. The molecule has 0 radical (unpaired) electrons. The van der Waals surface area contributed by atoms with Gasteiger partial charge in [0.15, 0.2) is 0 Å². The van der Waals surface area contributed by atoms with Crippen LogP contribution in [0.2, 0.25) is 0 Å². The zero-order valence-corrected chi connectivity index (χ0v) is 12.9. The second kappa shape index (κ2) is 6.07. The van der Waals surface area contributed by atoms with Crippen molar-refractivity contribution in [2.24, 2.45) is 0 Å². The monoisotopic (exact) mass is 359 g/mol. The highest BCUT2D eigenvalue weighted by Gasteiger charge is 2.07. The number of non-ortho nitro benzene ring substituents is 1. The SMILES string of the molecule is O=[N+]([O-])c1ccc(COc2ncnc3ccc(Br)cc23)cc1. The van der Waals surface area contributed by atoms with Gasteiger partial charge in [-0.2, -0.15) is 0 Å². The minimum absolute atomic E-state index is 0.0557. The lowest BCUT2D eigenvalue weighted by molar-refractivity contribution is -0.384. The molecular weight excluding hydrogens is 350 g/mol. The first kappa shape index (κ1) is 14.4. The molecule has 1 aromatic heterocycles. The van der Waals surface area contributed by atoms with E-state index in [-0.39, 0.29) is 12.3 Å². The summed E-state index contributed by atoms with van der Waals surface area (Å²) in [5, 5.41) is 11.4. The summed E-state index contributed by atoms with van der Waals surface area (Å²) in [5.74, 6) is 0.477. The zero-order chi connectivity index (χ0) is 15.5. The number of fused-ring (bicyclic) bond motifs is 1. The van der Waals surface area contributed by atoms with Gasteiger partial charge >= 0.3 is 0 Å². The molecular formula is C15H10BrN3O3. The molecule has 0 atom stereocenters. The number of hydrogen-bond donors (Lipinski definition) is 0. The maximum Gasteiger partial charge on any atom is 0.269 e. The number of ether oxygens (including phenoxy) is 1. The van der Waals surface area contributed by atoms with E-state index >= 15 is 0 Å². The van der Waals surface area contributed by atoms with Gasteiger partial charge < -0.3 is 4.74 Å². The van der Waals surface area contributed by atoms with Gasteiger partial charge in [-0.3, -0.25) is 10.1 Å². The molecule has 22 heavy (non-hydrogen) atoms. The summed E-state index contributed by atoms with van der Waals surface area (Å²) in [6, 6.07) is 11.9. The molecule has 3 aromatic rings. The van der Waals surface area contributed by atoms with Crippen LogP contribution in [0.4, 0.5) is 5.69 Å². The van der Waals surface area contributed by atoms with Crippen molar-refractivity contribution in [1.29, 1.82) is 0 Å². The Morgan fingerprint density at radius 2 is 1.91 bits per heavy atom. The second-order valence-corrected chi connectivity index (χ2v) is 5.47. The largest absolute Gasteiger partial charge is 0.472 e. The van der Waals surface area contributed by atoms with Crippen LogP contribution in [0, 0.1) is 10.1 Å². The van der Waals surface area contributed by atoms with E-state index in [0.717, 1.165) is 20.9 Å². The van der Waals surface area contributed by atoms with E-state index in [9.17, 15) is 10.1 Å². The van der Waals surface area contributed by atoms with Gasteiger partial charge in [-0.1, -0.05) is 15.9 Å². The standard InChI is InChI=1S/C15H10BrN3O3/c16-11-3-6-14-13(7-11)15(18-9-17-14)22-8-10-1-4-12(5-2-10)19(20)21/h1-7,9H,8H2. The molecule has 0 bridgehead atoms. The Morgan fingerprint density at radius 1 is 1.14 bits per heavy atom. The molecule has 7 heteroatoms. The fourth-order valence-corrected chi connectivity index (χ4v) is 2.35. The third kappa shape index (κ3) is 3.04. The Labute approximate surface area is 134 Å². The number of nitro groups is 1. The first-order valence-electron chi connectivity index (χ1n) is 6.40. The maximum atomic E-state index is 10.6. The number of hydrogen-bond acceptors (Lipinski definition) is 5. The summed E-state index contributed by atoms with van der Waals surface area (Å²) >= 11 is 3.41. The summed E-state index contributed by atoms with van der Waals surface area (Å²) in [5.41, 5.74) is 1.67. The van der Waals surface area contributed by atoms with Crippen LogP contribution < -0.4 is 4.74 Å². The third-order valence-electron chi connectivity index (χ3n) is 3.08. The minimum atomic E-state index is -0.430. The van der Waals surface area contributed by atoms with E-state index in [1.165, 1.54) is 18.5 Å². The van der Waals surface area contributed by atoms with E-state index in [4.69, 9.17) is 4.74 Å². The van der Waals surface area contributed by atoms with Gasteiger partial charge in [0, 0.05) is 16.6 Å². The predicted molar refractivity (Wildman–Crippen MR) is 84.7 cm³/mol. The Morgan fingerprint density at radius 3 is 2.64 bits per heavy atom. The van der Waals surface area contributed by atoms with Crippen molar-refractivity contribution < 1.29 is 9.66 Å². The van der Waals surface area contributed by atoms with Gasteiger partial charge in [0.1, 0.15) is 12.9 Å². The molecule has 0 spiro atoms. The number of rotatable bonds is 4.